The third kappa shape index (κ3) is 3.37. The molecule has 2 aliphatic rings. The van der Waals surface area contributed by atoms with Crippen molar-refractivity contribution in [2.75, 3.05) is 31.1 Å². The van der Waals surface area contributed by atoms with Crippen LogP contribution in [0.3, 0.4) is 0 Å². The van der Waals surface area contributed by atoms with E-state index >= 15 is 0 Å². The Kier molecular flexibility index (Phi) is 4.63. The SMILES string of the molecule is CC1(C)OB(c2cc(C#N)cc(N3CCN(C(=O)O)CC3)c2)OC1(C)C. The summed E-state index contributed by atoms with van der Waals surface area (Å²) in [5.74, 6) is 0. The number of anilines is 1. The Morgan fingerprint density at radius 1 is 1.12 bits per heavy atom. The zero-order chi connectivity index (χ0) is 19.1. The Morgan fingerprint density at radius 2 is 1.69 bits per heavy atom. The molecule has 0 spiro atoms. The van der Waals surface area contributed by atoms with Crippen molar-refractivity contribution in [3.63, 3.8) is 0 Å². The normalized spacial score (nSPS) is 21.6. The lowest BCUT2D eigenvalue weighted by molar-refractivity contribution is 0.00578. The highest BCUT2D eigenvalue weighted by molar-refractivity contribution is 6.62. The van der Waals surface area contributed by atoms with Crippen LogP contribution in [0.1, 0.15) is 33.3 Å². The molecule has 0 aliphatic carbocycles. The molecule has 1 aromatic carbocycles. The highest BCUT2D eigenvalue weighted by atomic mass is 16.7. The molecule has 0 radical (unpaired) electrons. The second kappa shape index (κ2) is 6.49. The van der Waals surface area contributed by atoms with Gasteiger partial charge in [0.05, 0.1) is 22.8 Å². The largest absolute Gasteiger partial charge is 0.494 e. The van der Waals surface area contributed by atoms with Crippen LogP contribution in [-0.2, 0) is 9.31 Å². The number of nitriles is 1. The molecular formula is C18H24BN3O4. The van der Waals surface area contributed by atoms with E-state index in [-0.39, 0.29) is 0 Å². The minimum absolute atomic E-state index is 0.442. The van der Waals surface area contributed by atoms with Gasteiger partial charge in [-0.2, -0.15) is 5.26 Å². The molecular weight excluding hydrogens is 333 g/mol. The van der Waals surface area contributed by atoms with Crippen LogP contribution in [0.2, 0.25) is 0 Å². The van der Waals surface area contributed by atoms with Gasteiger partial charge in [0.2, 0.25) is 0 Å². The highest BCUT2D eigenvalue weighted by Gasteiger charge is 2.51. The molecule has 1 aromatic rings. The van der Waals surface area contributed by atoms with Crippen LogP contribution in [-0.4, -0.2) is 60.6 Å². The van der Waals surface area contributed by atoms with Crippen molar-refractivity contribution in [1.29, 1.82) is 5.26 Å². The van der Waals surface area contributed by atoms with Gasteiger partial charge in [-0.15, -0.1) is 0 Å². The molecule has 138 valence electrons. The van der Waals surface area contributed by atoms with Crippen LogP contribution in [0.5, 0.6) is 0 Å². The van der Waals surface area contributed by atoms with Gasteiger partial charge in [0.15, 0.2) is 0 Å². The Hall–Kier alpha value is -2.24. The fourth-order valence-corrected chi connectivity index (χ4v) is 3.15. The topological polar surface area (TPSA) is 86.0 Å². The molecule has 8 heteroatoms. The van der Waals surface area contributed by atoms with Crippen molar-refractivity contribution in [2.24, 2.45) is 0 Å². The third-order valence-corrected chi connectivity index (χ3v) is 5.51. The van der Waals surface area contributed by atoms with Crippen molar-refractivity contribution < 1.29 is 19.2 Å². The number of piperazine rings is 1. The van der Waals surface area contributed by atoms with E-state index in [9.17, 15) is 10.1 Å². The average molecular weight is 357 g/mol. The van der Waals surface area contributed by atoms with Gasteiger partial charge in [0.25, 0.3) is 0 Å². The minimum atomic E-state index is -0.895. The van der Waals surface area contributed by atoms with Gasteiger partial charge in [-0.05, 0) is 51.4 Å². The smallest absolute Gasteiger partial charge is 0.465 e. The van der Waals surface area contributed by atoms with Gasteiger partial charge in [-0.25, -0.2) is 4.79 Å². The molecule has 1 amide bonds. The summed E-state index contributed by atoms with van der Waals surface area (Å²) in [5.41, 5.74) is 1.33. The average Bonchev–Trinajstić information content (AvgIpc) is 2.82. The van der Waals surface area contributed by atoms with Gasteiger partial charge in [-0.3, -0.25) is 0 Å². The molecule has 0 saturated carbocycles. The monoisotopic (exact) mass is 357 g/mol. The van der Waals surface area contributed by atoms with E-state index in [4.69, 9.17) is 14.4 Å². The summed E-state index contributed by atoms with van der Waals surface area (Å²) in [6.07, 6.45) is -0.895. The molecule has 0 atom stereocenters. The van der Waals surface area contributed by atoms with E-state index in [1.165, 1.54) is 4.90 Å². The molecule has 2 heterocycles. The second-order valence-electron chi connectivity index (χ2n) is 7.77. The maximum absolute atomic E-state index is 11.1. The lowest BCUT2D eigenvalue weighted by Gasteiger charge is -2.35. The van der Waals surface area contributed by atoms with Crippen LogP contribution in [0.15, 0.2) is 18.2 Å². The first-order chi connectivity index (χ1) is 12.1. The number of benzene rings is 1. The highest BCUT2D eigenvalue weighted by Crippen LogP contribution is 2.36. The number of hydrogen-bond donors (Lipinski definition) is 1. The molecule has 1 N–H and O–H groups in total. The second-order valence-corrected chi connectivity index (χ2v) is 7.77. The van der Waals surface area contributed by atoms with Gasteiger partial charge in [0.1, 0.15) is 0 Å². The maximum Gasteiger partial charge on any atom is 0.494 e. The van der Waals surface area contributed by atoms with E-state index in [0.717, 1.165) is 11.2 Å². The fourth-order valence-electron chi connectivity index (χ4n) is 3.15. The number of amides is 1. The van der Waals surface area contributed by atoms with E-state index in [0.29, 0.717) is 31.7 Å². The van der Waals surface area contributed by atoms with Crippen LogP contribution in [0, 0.1) is 11.3 Å². The molecule has 0 unspecified atom stereocenters. The first-order valence-corrected chi connectivity index (χ1v) is 8.76. The molecule has 26 heavy (non-hydrogen) atoms. The Balaban J connectivity index is 1.85. The Morgan fingerprint density at radius 3 is 2.19 bits per heavy atom. The van der Waals surface area contributed by atoms with E-state index in [1.54, 1.807) is 6.07 Å². The zero-order valence-electron chi connectivity index (χ0n) is 15.7. The molecule has 0 bridgehead atoms. The van der Waals surface area contributed by atoms with Crippen LogP contribution in [0.25, 0.3) is 0 Å². The molecule has 7 nitrogen and oxygen atoms in total. The summed E-state index contributed by atoms with van der Waals surface area (Å²) in [6.45, 7) is 10.0. The predicted molar refractivity (Wildman–Crippen MR) is 98.7 cm³/mol. The Labute approximate surface area is 154 Å². The molecule has 2 saturated heterocycles. The first-order valence-electron chi connectivity index (χ1n) is 8.76. The summed E-state index contributed by atoms with van der Waals surface area (Å²) in [5, 5.41) is 18.5. The van der Waals surface area contributed by atoms with Crippen LogP contribution in [0.4, 0.5) is 10.5 Å². The lowest BCUT2D eigenvalue weighted by Crippen LogP contribution is -2.48. The Bertz CT molecular complexity index is 735. The molecule has 2 fully saturated rings. The van der Waals surface area contributed by atoms with Gasteiger partial charge >= 0.3 is 13.2 Å². The predicted octanol–water partition coefficient (Wildman–Crippen LogP) is 1.66. The van der Waals surface area contributed by atoms with Crippen molar-refractivity contribution in [3.05, 3.63) is 23.8 Å². The summed E-state index contributed by atoms with van der Waals surface area (Å²) in [4.78, 5) is 14.6. The number of carboxylic acid groups (broad SMARTS) is 1. The third-order valence-electron chi connectivity index (χ3n) is 5.51. The van der Waals surface area contributed by atoms with E-state index in [1.807, 2.05) is 39.8 Å². The number of rotatable bonds is 2. The van der Waals surface area contributed by atoms with Crippen molar-refractivity contribution >= 4 is 24.4 Å². The van der Waals surface area contributed by atoms with E-state index < -0.39 is 24.4 Å². The fraction of sp³-hybridized carbons (Fsp3) is 0.556. The summed E-state index contributed by atoms with van der Waals surface area (Å²) < 4.78 is 12.2. The van der Waals surface area contributed by atoms with Gasteiger partial charge in [-0.1, -0.05) is 0 Å². The molecule has 3 rings (SSSR count). The van der Waals surface area contributed by atoms with Crippen molar-refractivity contribution in [3.8, 4) is 6.07 Å². The number of nitrogens with zero attached hydrogens (tertiary/aromatic N) is 3. The minimum Gasteiger partial charge on any atom is -0.465 e. The maximum atomic E-state index is 11.1. The lowest BCUT2D eigenvalue weighted by atomic mass is 9.78. The standard InChI is InChI=1S/C18H24BN3O4/c1-17(2)18(3,4)26-19(25-17)14-9-13(12-20)10-15(11-14)21-5-7-22(8-6-21)16(23)24/h9-11H,5-8H2,1-4H3,(H,23,24). The van der Waals surface area contributed by atoms with Gasteiger partial charge in [0, 0.05) is 31.9 Å². The molecule has 2 aliphatic heterocycles. The van der Waals surface area contributed by atoms with Crippen LogP contribution >= 0.6 is 0 Å². The van der Waals surface area contributed by atoms with Crippen LogP contribution < -0.4 is 10.4 Å². The van der Waals surface area contributed by atoms with E-state index in [2.05, 4.69) is 11.0 Å². The van der Waals surface area contributed by atoms with Gasteiger partial charge < -0.3 is 24.2 Å². The van der Waals surface area contributed by atoms with Crippen molar-refractivity contribution in [2.45, 2.75) is 38.9 Å². The summed E-state index contributed by atoms with van der Waals surface area (Å²) in [7, 11) is -0.535. The zero-order valence-corrected chi connectivity index (χ0v) is 15.7. The first kappa shape index (κ1) is 18.6. The summed E-state index contributed by atoms with van der Waals surface area (Å²) in [6, 6.07) is 7.78. The summed E-state index contributed by atoms with van der Waals surface area (Å²) >= 11 is 0. The number of carbonyl (C=O) groups is 1. The number of hydrogen-bond acceptors (Lipinski definition) is 5. The molecule has 0 aromatic heterocycles. The van der Waals surface area contributed by atoms with Crippen molar-refractivity contribution in [1.82, 2.24) is 4.90 Å². The quantitative estimate of drug-likeness (QED) is 0.811.